The molecule has 0 unspecified atom stereocenters. The van der Waals surface area contributed by atoms with Crippen molar-refractivity contribution in [2.45, 2.75) is 12.3 Å². The van der Waals surface area contributed by atoms with Crippen LogP contribution in [-0.2, 0) is 0 Å². The maximum absolute atomic E-state index is 13.1. The molecule has 3 aromatic rings. The number of ketones is 1. The fourth-order valence-electron chi connectivity index (χ4n) is 3.92. The molecule has 3 heterocycles. The summed E-state index contributed by atoms with van der Waals surface area (Å²) in [5.41, 5.74) is 3.20. The van der Waals surface area contributed by atoms with E-state index in [0.717, 1.165) is 16.9 Å². The van der Waals surface area contributed by atoms with Crippen molar-refractivity contribution in [3.8, 4) is 17.2 Å². The lowest BCUT2D eigenvalue weighted by Crippen LogP contribution is -2.16. The second kappa shape index (κ2) is 6.23. The number of rotatable bonds is 2. The Hall–Kier alpha value is -3.61. The number of nitro groups is 1. The summed E-state index contributed by atoms with van der Waals surface area (Å²) in [6.45, 7) is 0.934. The van der Waals surface area contributed by atoms with E-state index in [9.17, 15) is 14.9 Å². The van der Waals surface area contributed by atoms with Gasteiger partial charge in [-0.1, -0.05) is 12.1 Å². The van der Waals surface area contributed by atoms with E-state index in [1.54, 1.807) is 18.2 Å². The molecule has 0 radical (unpaired) electrons. The third kappa shape index (κ3) is 2.55. The number of benzene rings is 2. The highest BCUT2D eigenvalue weighted by Crippen LogP contribution is 2.41. The molecule has 2 aliphatic rings. The summed E-state index contributed by atoms with van der Waals surface area (Å²) >= 11 is 0. The molecule has 140 valence electrons. The van der Waals surface area contributed by atoms with Gasteiger partial charge in [0, 0.05) is 48.0 Å². The van der Waals surface area contributed by atoms with Gasteiger partial charge in [0.05, 0.1) is 10.6 Å². The average Bonchev–Trinajstić information content (AvgIpc) is 3.16. The molecular weight excluding hydrogens is 360 g/mol. The molecular formula is C21H16N2O5. The molecule has 0 saturated heterocycles. The Morgan fingerprint density at radius 1 is 1.04 bits per heavy atom. The van der Waals surface area contributed by atoms with Crippen molar-refractivity contribution in [2.24, 2.45) is 0 Å². The van der Waals surface area contributed by atoms with Crippen molar-refractivity contribution in [3.05, 3.63) is 81.7 Å². The van der Waals surface area contributed by atoms with Crippen LogP contribution in [0.1, 0.15) is 34.0 Å². The zero-order valence-corrected chi connectivity index (χ0v) is 14.8. The topological polar surface area (TPSA) is 83.6 Å². The molecule has 0 aliphatic carbocycles. The van der Waals surface area contributed by atoms with E-state index in [4.69, 9.17) is 9.47 Å². The SMILES string of the molecule is O=C1C[C@H](c2ccc([N+](=O)[O-])cc2)c2cccn2-c2cc3c(cc21)OCCO3. The standard InChI is InChI=1S/C21H16N2O5/c24-19-10-15(13-3-5-14(6-4-13)23(25)26)17-2-1-7-22(17)18-12-21-20(11-16(18)19)27-8-9-28-21/h1-7,11-12,15H,8-10H2/t15-/m1/s1. The van der Waals surface area contributed by atoms with Crippen molar-refractivity contribution in [2.75, 3.05) is 13.2 Å². The molecule has 0 bridgehead atoms. The van der Waals surface area contributed by atoms with E-state index in [1.165, 1.54) is 12.1 Å². The van der Waals surface area contributed by atoms with Gasteiger partial charge >= 0.3 is 0 Å². The Morgan fingerprint density at radius 2 is 1.75 bits per heavy atom. The van der Waals surface area contributed by atoms with Gasteiger partial charge < -0.3 is 14.0 Å². The molecule has 2 aliphatic heterocycles. The summed E-state index contributed by atoms with van der Waals surface area (Å²) in [6, 6.07) is 13.9. The van der Waals surface area contributed by atoms with Crippen LogP contribution in [0.3, 0.4) is 0 Å². The molecule has 5 rings (SSSR count). The maximum Gasteiger partial charge on any atom is 0.269 e. The first-order valence-corrected chi connectivity index (χ1v) is 9.00. The van der Waals surface area contributed by atoms with Crippen LogP contribution in [0.4, 0.5) is 5.69 Å². The predicted molar refractivity (Wildman–Crippen MR) is 101 cm³/mol. The van der Waals surface area contributed by atoms with E-state index in [2.05, 4.69) is 0 Å². The Balaban J connectivity index is 1.64. The number of Topliss-reactive ketones (excluding diaryl/α,β-unsaturated/α-hetero) is 1. The van der Waals surface area contributed by atoms with Crippen molar-refractivity contribution in [3.63, 3.8) is 0 Å². The van der Waals surface area contributed by atoms with Crippen LogP contribution in [-0.4, -0.2) is 28.5 Å². The van der Waals surface area contributed by atoms with Gasteiger partial charge in [0.2, 0.25) is 0 Å². The van der Waals surface area contributed by atoms with E-state index in [1.807, 2.05) is 29.0 Å². The zero-order chi connectivity index (χ0) is 19.3. The molecule has 7 nitrogen and oxygen atoms in total. The van der Waals surface area contributed by atoms with E-state index in [0.29, 0.717) is 30.3 Å². The van der Waals surface area contributed by atoms with E-state index in [-0.39, 0.29) is 23.8 Å². The Morgan fingerprint density at radius 3 is 2.46 bits per heavy atom. The van der Waals surface area contributed by atoms with Crippen LogP contribution in [0.15, 0.2) is 54.7 Å². The predicted octanol–water partition coefficient (Wildman–Crippen LogP) is 3.88. The number of aromatic nitrogens is 1. The van der Waals surface area contributed by atoms with Gasteiger partial charge in [-0.05, 0) is 23.8 Å². The molecule has 0 spiro atoms. The number of nitro benzene ring substituents is 1. The molecule has 7 heteroatoms. The van der Waals surface area contributed by atoms with Crippen molar-refractivity contribution in [1.82, 2.24) is 4.57 Å². The lowest BCUT2D eigenvalue weighted by molar-refractivity contribution is -0.384. The average molecular weight is 376 g/mol. The molecule has 1 aromatic heterocycles. The minimum Gasteiger partial charge on any atom is -0.486 e. The lowest BCUT2D eigenvalue weighted by Gasteiger charge is -2.21. The summed E-state index contributed by atoms with van der Waals surface area (Å²) in [5.74, 6) is 1.01. The highest BCUT2D eigenvalue weighted by atomic mass is 16.6. The van der Waals surface area contributed by atoms with Crippen LogP contribution in [0.5, 0.6) is 11.5 Å². The van der Waals surface area contributed by atoms with Gasteiger partial charge in [0.15, 0.2) is 17.3 Å². The fraction of sp³-hybridized carbons (Fsp3) is 0.190. The fourth-order valence-corrected chi connectivity index (χ4v) is 3.92. The van der Waals surface area contributed by atoms with E-state index >= 15 is 0 Å². The van der Waals surface area contributed by atoms with Crippen LogP contribution in [0.25, 0.3) is 5.69 Å². The number of hydrogen-bond donors (Lipinski definition) is 0. The first-order valence-electron chi connectivity index (χ1n) is 9.00. The number of fused-ring (bicyclic) bond motifs is 4. The van der Waals surface area contributed by atoms with Gasteiger partial charge in [0.25, 0.3) is 5.69 Å². The first kappa shape index (κ1) is 16.6. The molecule has 0 amide bonds. The summed E-state index contributed by atoms with van der Waals surface area (Å²) in [6.07, 6.45) is 2.19. The normalized spacial score (nSPS) is 17.4. The van der Waals surface area contributed by atoms with Crippen LogP contribution in [0, 0.1) is 10.1 Å². The number of ether oxygens (including phenoxy) is 2. The van der Waals surface area contributed by atoms with Gasteiger partial charge in [0.1, 0.15) is 13.2 Å². The summed E-state index contributed by atoms with van der Waals surface area (Å²) in [7, 11) is 0. The third-order valence-corrected chi connectivity index (χ3v) is 5.25. The first-order chi connectivity index (χ1) is 13.6. The quantitative estimate of drug-likeness (QED) is 0.501. The Kier molecular flexibility index (Phi) is 3.68. The van der Waals surface area contributed by atoms with Crippen molar-refractivity contribution >= 4 is 11.5 Å². The van der Waals surface area contributed by atoms with Crippen molar-refractivity contribution in [1.29, 1.82) is 0 Å². The van der Waals surface area contributed by atoms with Gasteiger partial charge in [-0.25, -0.2) is 0 Å². The molecule has 1 atom stereocenters. The number of hydrogen-bond acceptors (Lipinski definition) is 5. The molecule has 0 saturated carbocycles. The summed E-state index contributed by atoms with van der Waals surface area (Å²) in [4.78, 5) is 23.6. The molecule has 0 N–H and O–H groups in total. The minimum absolute atomic E-state index is 0.000902. The third-order valence-electron chi connectivity index (χ3n) is 5.25. The summed E-state index contributed by atoms with van der Waals surface area (Å²) < 4.78 is 13.3. The van der Waals surface area contributed by atoms with Crippen molar-refractivity contribution < 1.29 is 19.2 Å². The largest absolute Gasteiger partial charge is 0.486 e. The second-order valence-corrected chi connectivity index (χ2v) is 6.84. The molecule has 2 aromatic carbocycles. The monoisotopic (exact) mass is 376 g/mol. The van der Waals surface area contributed by atoms with Crippen LogP contribution in [0.2, 0.25) is 0 Å². The molecule has 28 heavy (non-hydrogen) atoms. The number of carbonyl (C=O) groups is 1. The van der Waals surface area contributed by atoms with Gasteiger partial charge in [-0.2, -0.15) is 0 Å². The number of carbonyl (C=O) groups excluding carboxylic acids is 1. The number of non-ortho nitro benzene ring substituents is 1. The van der Waals surface area contributed by atoms with Gasteiger partial charge in [-0.3, -0.25) is 14.9 Å². The zero-order valence-electron chi connectivity index (χ0n) is 14.8. The Labute approximate surface area is 160 Å². The highest BCUT2D eigenvalue weighted by molar-refractivity contribution is 6.01. The van der Waals surface area contributed by atoms with Crippen LogP contribution < -0.4 is 9.47 Å². The second-order valence-electron chi connectivity index (χ2n) is 6.84. The highest BCUT2D eigenvalue weighted by Gasteiger charge is 2.30. The summed E-state index contributed by atoms with van der Waals surface area (Å²) in [5, 5.41) is 11.0. The van der Waals surface area contributed by atoms with Crippen LogP contribution >= 0.6 is 0 Å². The van der Waals surface area contributed by atoms with Gasteiger partial charge in [-0.15, -0.1) is 0 Å². The lowest BCUT2D eigenvalue weighted by atomic mass is 9.90. The molecule has 0 fully saturated rings. The Bertz CT molecular complexity index is 1100. The smallest absolute Gasteiger partial charge is 0.269 e. The minimum atomic E-state index is -0.426. The maximum atomic E-state index is 13.1. The number of nitrogens with zero attached hydrogens (tertiary/aromatic N) is 2. The van der Waals surface area contributed by atoms with E-state index < -0.39 is 4.92 Å².